The lowest BCUT2D eigenvalue weighted by Crippen LogP contribution is -2.09. The van der Waals surface area contributed by atoms with Gasteiger partial charge in [0.1, 0.15) is 5.82 Å². The van der Waals surface area contributed by atoms with E-state index in [0.717, 1.165) is 10.9 Å². The van der Waals surface area contributed by atoms with Crippen LogP contribution in [0.1, 0.15) is 0 Å². The molecule has 3 rings (SSSR count). The van der Waals surface area contributed by atoms with Crippen molar-refractivity contribution in [2.24, 2.45) is 0 Å². The van der Waals surface area contributed by atoms with E-state index in [1.54, 1.807) is 12.1 Å². The lowest BCUT2D eigenvalue weighted by atomic mass is 10.2. The summed E-state index contributed by atoms with van der Waals surface area (Å²) in [5.41, 5.74) is 1.41. The highest BCUT2D eigenvalue weighted by Crippen LogP contribution is 2.24. The van der Waals surface area contributed by atoms with Crippen molar-refractivity contribution < 1.29 is 10.0 Å². The molecule has 2 aromatic carbocycles. The van der Waals surface area contributed by atoms with Crippen LogP contribution >= 0.6 is 0 Å². The largest absolute Gasteiger partial charge is 0.395 e. The van der Waals surface area contributed by atoms with Gasteiger partial charge in [-0.05, 0) is 24.3 Å². The molecule has 3 aromatic rings. The Kier molecular flexibility index (Phi) is 4.48. The molecule has 1 aromatic heterocycles. The Morgan fingerprint density at radius 2 is 1.83 bits per heavy atom. The Labute approximate surface area is 137 Å². The number of nitrogens with zero attached hydrogens (tertiary/aromatic N) is 3. The second-order valence-corrected chi connectivity index (χ2v) is 4.99. The Bertz CT molecular complexity index is 867. The average molecular weight is 325 g/mol. The molecule has 0 spiro atoms. The SMILES string of the molecule is O=[N+]([O-])c1ccc(Nc2nc(NCCO)c3ccccc3n2)cc1. The second-order valence-electron chi connectivity index (χ2n) is 4.99. The third-order valence-corrected chi connectivity index (χ3v) is 3.34. The summed E-state index contributed by atoms with van der Waals surface area (Å²) >= 11 is 0. The molecule has 122 valence electrons. The van der Waals surface area contributed by atoms with Gasteiger partial charge in [-0.2, -0.15) is 4.98 Å². The molecular formula is C16H15N5O3. The van der Waals surface area contributed by atoms with Gasteiger partial charge < -0.3 is 15.7 Å². The Hall–Kier alpha value is -3.26. The third-order valence-electron chi connectivity index (χ3n) is 3.34. The van der Waals surface area contributed by atoms with E-state index in [0.29, 0.717) is 24.0 Å². The third kappa shape index (κ3) is 3.39. The topological polar surface area (TPSA) is 113 Å². The zero-order chi connectivity index (χ0) is 16.9. The highest BCUT2D eigenvalue weighted by atomic mass is 16.6. The van der Waals surface area contributed by atoms with Crippen molar-refractivity contribution in [3.8, 4) is 0 Å². The van der Waals surface area contributed by atoms with E-state index in [2.05, 4.69) is 20.6 Å². The van der Waals surface area contributed by atoms with Gasteiger partial charge in [-0.1, -0.05) is 12.1 Å². The lowest BCUT2D eigenvalue weighted by molar-refractivity contribution is -0.384. The number of nitro benzene ring substituents is 1. The molecule has 0 unspecified atom stereocenters. The van der Waals surface area contributed by atoms with Crippen molar-refractivity contribution in [2.45, 2.75) is 0 Å². The molecule has 0 radical (unpaired) electrons. The van der Waals surface area contributed by atoms with E-state index in [1.165, 1.54) is 12.1 Å². The first-order chi connectivity index (χ1) is 11.7. The predicted molar refractivity (Wildman–Crippen MR) is 91.5 cm³/mol. The van der Waals surface area contributed by atoms with E-state index >= 15 is 0 Å². The van der Waals surface area contributed by atoms with Gasteiger partial charge in [-0.3, -0.25) is 10.1 Å². The maximum atomic E-state index is 10.7. The summed E-state index contributed by atoms with van der Waals surface area (Å²) in [5.74, 6) is 0.974. The van der Waals surface area contributed by atoms with Crippen LogP contribution in [0.4, 0.5) is 23.1 Å². The molecule has 8 nitrogen and oxygen atoms in total. The number of hydrogen-bond acceptors (Lipinski definition) is 7. The number of aliphatic hydroxyl groups is 1. The highest BCUT2D eigenvalue weighted by Gasteiger charge is 2.09. The lowest BCUT2D eigenvalue weighted by Gasteiger charge is -2.11. The van der Waals surface area contributed by atoms with Crippen LogP contribution in [0.5, 0.6) is 0 Å². The molecule has 0 bridgehead atoms. The summed E-state index contributed by atoms with van der Waals surface area (Å²) < 4.78 is 0. The zero-order valence-electron chi connectivity index (χ0n) is 12.6. The van der Waals surface area contributed by atoms with Gasteiger partial charge in [-0.25, -0.2) is 4.98 Å². The molecule has 0 aliphatic heterocycles. The number of aromatic nitrogens is 2. The molecule has 0 amide bonds. The van der Waals surface area contributed by atoms with Crippen LogP contribution < -0.4 is 10.6 Å². The molecule has 0 fully saturated rings. The predicted octanol–water partition coefficient (Wildman–Crippen LogP) is 2.69. The maximum absolute atomic E-state index is 10.7. The fourth-order valence-electron chi connectivity index (χ4n) is 2.24. The van der Waals surface area contributed by atoms with Crippen LogP contribution in [-0.2, 0) is 0 Å². The molecule has 0 aliphatic carbocycles. The van der Waals surface area contributed by atoms with Crippen molar-refractivity contribution in [2.75, 3.05) is 23.8 Å². The molecule has 24 heavy (non-hydrogen) atoms. The molecule has 3 N–H and O–H groups in total. The Morgan fingerprint density at radius 1 is 1.08 bits per heavy atom. The van der Waals surface area contributed by atoms with Crippen molar-refractivity contribution >= 4 is 34.0 Å². The van der Waals surface area contributed by atoms with E-state index in [4.69, 9.17) is 5.11 Å². The second kappa shape index (κ2) is 6.88. The fraction of sp³-hybridized carbons (Fsp3) is 0.125. The van der Waals surface area contributed by atoms with Crippen LogP contribution in [0.2, 0.25) is 0 Å². The van der Waals surface area contributed by atoms with Gasteiger partial charge in [0.25, 0.3) is 5.69 Å². The number of anilines is 3. The molecule has 0 aliphatic rings. The van der Waals surface area contributed by atoms with Gasteiger partial charge in [-0.15, -0.1) is 0 Å². The fourth-order valence-corrected chi connectivity index (χ4v) is 2.24. The van der Waals surface area contributed by atoms with Crippen molar-refractivity contribution in [3.05, 3.63) is 58.6 Å². The van der Waals surface area contributed by atoms with Crippen LogP contribution in [-0.4, -0.2) is 33.1 Å². The van der Waals surface area contributed by atoms with Gasteiger partial charge in [0.15, 0.2) is 0 Å². The first-order valence-electron chi connectivity index (χ1n) is 7.30. The van der Waals surface area contributed by atoms with Crippen LogP contribution in [0.25, 0.3) is 10.9 Å². The highest BCUT2D eigenvalue weighted by molar-refractivity contribution is 5.90. The number of hydrogen-bond donors (Lipinski definition) is 3. The quantitative estimate of drug-likeness (QED) is 0.471. The number of fused-ring (bicyclic) bond motifs is 1. The number of non-ortho nitro benzene ring substituents is 1. The summed E-state index contributed by atoms with van der Waals surface area (Å²) in [7, 11) is 0. The number of nitrogens with one attached hydrogen (secondary N) is 2. The van der Waals surface area contributed by atoms with E-state index in [1.807, 2.05) is 24.3 Å². The molecule has 0 saturated carbocycles. The van der Waals surface area contributed by atoms with E-state index in [9.17, 15) is 10.1 Å². The number of aliphatic hydroxyl groups excluding tert-OH is 1. The molecule has 8 heteroatoms. The first kappa shape index (κ1) is 15.6. The maximum Gasteiger partial charge on any atom is 0.269 e. The zero-order valence-corrected chi connectivity index (χ0v) is 12.6. The normalized spacial score (nSPS) is 10.5. The van der Waals surface area contributed by atoms with Crippen molar-refractivity contribution in [1.29, 1.82) is 0 Å². The van der Waals surface area contributed by atoms with Crippen LogP contribution in [0.3, 0.4) is 0 Å². The van der Waals surface area contributed by atoms with Gasteiger partial charge in [0.05, 0.1) is 17.0 Å². The van der Waals surface area contributed by atoms with Crippen molar-refractivity contribution in [1.82, 2.24) is 9.97 Å². The minimum atomic E-state index is -0.451. The van der Waals surface area contributed by atoms with E-state index < -0.39 is 4.92 Å². The number of para-hydroxylation sites is 1. The Balaban J connectivity index is 1.92. The number of nitro groups is 1. The van der Waals surface area contributed by atoms with Crippen LogP contribution in [0, 0.1) is 10.1 Å². The van der Waals surface area contributed by atoms with E-state index in [-0.39, 0.29) is 12.3 Å². The van der Waals surface area contributed by atoms with Gasteiger partial charge in [0, 0.05) is 29.8 Å². The monoisotopic (exact) mass is 325 g/mol. The van der Waals surface area contributed by atoms with Gasteiger partial charge >= 0.3 is 0 Å². The minimum absolute atomic E-state index is 0.0105. The van der Waals surface area contributed by atoms with Gasteiger partial charge in [0.2, 0.25) is 5.95 Å². The smallest absolute Gasteiger partial charge is 0.269 e. The number of benzene rings is 2. The molecule has 0 saturated heterocycles. The van der Waals surface area contributed by atoms with Crippen LogP contribution in [0.15, 0.2) is 48.5 Å². The molecule has 1 heterocycles. The summed E-state index contributed by atoms with van der Waals surface area (Å²) in [6.07, 6.45) is 0. The average Bonchev–Trinajstić information content (AvgIpc) is 2.60. The summed E-state index contributed by atoms with van der Waals surface area (Å²) in [4.78, 5) is 19.1. The first-order valence-corrected chi connectivity index (χ1v) is 7.30. The summed E-state index contributed by atoms with van der Waals surface area (Å²) in [5, 5.41) is 26.6. The minimum Gasteiger partial charge on any atom is -0.395 e. The standard InChI is InChI=1S/C16H15N5O3/c22-10-9-17-15-13-3-1-2-4-14(13)19-16(20-15)18-11-5-7-12(8-6-11)21(23)24/h1-8,22H,9-10H2,(H2,17,18,19,20). The molecular weight excluding hydrogens is 310 g/mol. The molecule has 0 atom stereocenters. The summed E-state index contributed by atoms with van der Waals surface area (Å²) in [6.45, 7) is 0.363. The number of rotatable bonds is 6. The van der Waals surface area contributed by atoms with Crippen molar-refractivity contribution in [3.63, 3.8) is 0 Å². The Morgan fingerprint density at radius 3 is 2.54 bits per heavy atom. The summed E-state index contributed by atoms with van der Waals surface area (Å²) in [6, 6.07) is 13.5.